The number of halogens is 1. The summed E-state index contributed by atoms with van der Waals surface area (Å²) >= 11 is 0. The van der Waals surface area contributed by atoms with Gasteiger partial charge in [-0.2, -0.15) is 5.21 Å². The molecule has 3 atom stereocenters. The summed E-state index contributed by atoms with van der Waals surface area (Å²) < 4.78 is 12.7. The van der Waals surface area contributed by atoms with Crippen molar-refractivity contribution in [3.05, 3.63) is 41.7 Å². The highest BCUT2D eigenvalue weighted by atomic mass is 19.1. The topological polar surface area (TPSA) is 91.8 Å². The molecule has 0 spiro atoms. The van der Waals surface area contributed by atoms with Gasteiger partial charge in [0.15, 0.2) is 5.82 Å². The molecule has 0 aliphatic heterocycles. The van der Waals surface area contributed by atoms with Gasteiger partial charge in [-0.05, 0) is 17.9 Å². The van der Waals surface area contributed by atoms with E-state index in [0.29, 0.717) is 5.82 Å². The van der Waals surface area contributed by atoms with E-state index in [1.807, 2.05) is 37.3 Å². The molecule has 0 amide bonds. The Labute approximate surface area is 121 Å². The normalized spacial score (nSPS) is 15.3. The second kappa shape index (κ2) is 6.92. The molecular formula is C14H17FN4O2. The van der Waals surface area contributed by atoms with Gasteiger partial charge in [-0.15, -0.1) is 10.2 Å². The van der Waals surface area contributed by atoms with Crippen molar-refractivity contribution in [3.8, 4) is 0 Å². The minimum atomic E-state index is -1.05. The van der Waals surface area contributed by atoms with Crippen LogP contribution >= 0.6 is 0 Å². The quantitative estimate of drug-likeness (QED) is 0.815. The van der Waals surface area contributed by atoms with E-state index in [1.165, 1.54) is 0 Å². The van der Waals surface area contributed by atoms with Crippen LogP contribution in [0.15, 0.2) is 30.3 Å². The molecule has 0 saturated carbocycles. The van der Waals surface area contributed by atoms with Crippen molar-refractivity contribution >= 4 is 5.97 Å². The fourth-order valence-electron chi connectivity index (χ4n) is 2.60. The first-order chi connectivity index (χ1) is 10.1. The molecule has 0 fully saturated rings. The zero-order valence-electron chi connectivity index (χ0n) is 11.6. The summed E-state index contributed by atoms with van der Waals surface area (Å²) in [5, 5.41) is 23.1. The zero-order chi connectivity index (χ0) is 15.2. The second-order valence-electron chi connectivity index (χ2n) is 4.92. The molecule has 2 rings (SSSR count). The van der Waals surface area contributed by atoms with Gasteiger partial charge >= 0.3 is 5.97 Å². The predicted octanol–water partition coefficient (Wildman–Crippen LogP) is 2.15. The Hall–Kier alpha value is -2.31. The van der Waals surface area contributed by atoms with Crippen molar-refractivity contribution in [2.45, 2.75) is 25.2 Å². The third kappa shape index (κ3) is 3.42. The number of alkyl halides is 1. The number of hydrogen-bond acceptors (Lipinski definition) is 4. The largest absolute Gasteiger partial charge is 0.481 e. The molecule has 0 aliphatic carbocycles. The summed E-state index contributed by atoms with van der Waals surface area (Å²) in [5.74, 6) is -2.36. The molecule has 21 heavy (non-hydrogen) atoms. The number of nitrogens with zero attached hydrogens (tertiary/aromatic N) is 3. The molecule has 0 unspecified atom stereocenters. The van der Waals surface area contributed by atoms with Crippen molar-refractivity contribution in [1.29, 1.82) is 0 Å². The maximum Gasteiger partial charge on any atom is 0.307 e. The SMILES string of the molecule is C[C@@H](c1ccccc1)[C@H](c1nn[nH]n1)[C@H](CCF)C(=O)O. The highest BCUT2D eigenvalue weighted by molar-refractivity contribution is 5.71. The van der Waals surface area contributed by atoms with Gasteiger partial charge < -0.3 is 5.11 Å². The van der Waals surface area contributed by atoms with Crippen molar-refractivity contribution < 1.29 is 14.3 Å². The molecule has 2 aromatic rings. The number of nitrogens with one attached hydrogen (secondary N) is 1. The molecule has 0 bridgehead atoms. The van der Waals surface area contributed by atoms with E-state index in [9.17, 15) is 14.3 Å². The minimum absolute atomic E-state index is 0.0777. The molecular weight excluding hydrogens is 275 g/mol. The van der Waals surface area contributed by atoms with Crippen LogP contribution in [0.2, 0.25) is 0 Å². The van der Waals surface area contributed by atoms with Crippen LogP contribution in [0.4, 0.5) is 4.39 Å². The number of rotatable bonds is 7. The summed E-state index contributed by atoms with van der Waals surface area (Å²) in [4.78, 5) is 11.5. The summed E-state index contributed by atoms with van der Waals surface area (Å²) in [5.41, 5.74) is 0.956. The number of benzene rings is 1. The third-order valence-corrected chi connectivity index (χ3v) is 3.69. The second-order valence-corrected chi connectivity index (χ2v) is 4.92. The summed E-state index contributed by atoms with van der Waals surface area (Å²) in [7, 11) is 0. The first-order valence-corrected chi connectivity index (χ1v) is 6.72. The molecule has 1 aromatic heterocycles. The number of aliphatic carboxylic acids is 1. The summed E-state index contributed by atoms with van der Waals surface area (Å²) in [6.07, 6.45) is -0.0777. The Kier molecular flexibility index (Phi) is 4.97. The Morgan fingerprint density at radius 2 is 2.10 bits per heavy atom. The summed E-state index contributed by atoms with van der Waals surface area (Å²) in [6.45, 7) is 1.19. The summed E-state index contributed by atoms with van der Waals surface area (Å²) in [6, 6.07) is 9.46. The lowest BCUT2D eigenvalue weighted by Gasteiger charge is -2.26. The maximum atomic E-state index is 12.7. The van der Waals surface area contributed by atoms with Gasteiger partial charge in [0, 0.05) is 5.92 Å². The fraction of sp³-hybridized carbons (Fsp3) is 0.429. The Bertz CT molecular complexity index is 562. The van der Waals surface area contributed by atoms with Gasteiger partial charge in [0.1, 0.15) is 0 Å². The van der Waals surface area contributed by atoms with Gasteiger partial charge in [-0.3, -0.25) is 9.18 Å². The molecule has 1 aromatic carbocycles. The van der Waals surface area contributed by atoms with Crippen molar-refractivity contribution in [2.24, 2.45) is 5.92 Å². The molecule has 0 radical (unpaired) electrons. The van der Waals surface area contributed by atoms with E-state index >= 15 is 0 Å². The smallest absolute Gasteiger partial charge is 0.307 e. The Morgan fingerprint density at radius 3 is 2.62 bits per heavy atom. The lowest BCUT2D eigenvalue weighted by atomic mass is 9.77. The van der Waals surface area contributed by atoms with Crippen LogP contribution < -0.4 is 0 Å². The molecule has 112 valence electrons. The zero-order valence-corrected chi connectivity index (χ0v) is 11.6. The number of carboxylic acid groups (broad SMARTS) is 1. The number of aromatic nitrogens is 4. The van der Waals surface area contributed by atoms with Crippen LogP contribution in [-0.4, -0.2) is 38.4 Å². The van der Waals surface area contributed by atoms with Gasteiger partial charge in [0.05, 0.1) is 12.6 Å². The monoisotopic (exact) mass is 292 g/mol. The van der Waals surface area contributed by atoms with E-state index in [0.717, 1.165) is 5.56 Å². The standard InChI is InChI=1S/C14H17FN4O2/c1-9(10-5-3-2-4-6-10)12(13-16-18-19-17-13)11(7-8-15)14(20)21/h2-6,9,11-12H,7-8H2,1H3,(H,20,21)(H,16,17,18,19)/t9-,11-,12-/m0/s1. The van der Waals surface area contributed by atoms with E-state index in [4.69, 9.17) is 0 Å². The van der Waals surface area contributed by atoms with Crippen molar-refractivity contribution in [1.82, 2.24) is 20.6 Å². The number of aromatic amines is 1. The average Bonchev–Trinajstić information content (AvgIpc) is 3.01. The van der Waals surface area contributed by atoms with Gasteiger partial charge in [0.25, 0.3) is 0 Å². The van der Waals surface area contributed by atoms with Gasteiger partial charge in [0.2, 0.25) is 0 Å². The molecule has 0 saturated heterocycles. The van der Waals surface area contributed by atoms with Crippen LogP contribution in [0.25, 0.3) is 0 Å². The van der Waals surface area contributed by atoms with E-state index in [1.54, 1.807) is 0 Å². The van der Waals surface area contributed by atoms with E-state index in [-0.39, 0.29) is 12.3 Å². The van der Waals surface area contributed by atoms with Gasteiger partial charge in [-0.1, -0.05) is 42.5 Å². The number of hydrogen-bond donors (Lipinski definition) is 2. The van der Waals surface area contributed by atoms with Gasteiger partial charge in [-0.25, -0.2) is 0 Å². The van der Waals surface area contributed by atoms with Crippen LogP contribution in [0.5, 0.6) is 0 Å². The molecule has 2 N–H and O–H groups in total. The number of tetrazole rings is 1. The number of H-pyrrole nitrogens is 1. The molecule has 6 nitrogen and oxygen atoms in total. The predicted molar refractivity (Wildman–Crippen MR) is 73.5 cm³/mol. The average molecular weight is 292 g/mol. The third-order valence-electron chi connectivity index (χ3n) is 3.69. The number of carboxylic acids is 1. The van der Waals surface area contributed by atoms with E-state index in [2.05, 4.69) is 20.6 Å². The highest BCUT2D eigenvalue weighted by Gasteiger charge is 2.36. The van der Waals surface area contributed by atoms with E-state index < -0.39 is 24.5 Å². The molecule has 1 heterocycles. The molecule has 7 heteroatoms. The molecule has 0 aliphatic rings. The van der Waals surface area contributed by atoms with Crippen LogP contribution in [0, 0.1) is 5.92 Å². The lowest BCUT2D eigenvalue weighted by molar-refractivity contribution is -0.143. The first-order valence-electron chi connectivity index (χ1n) is 6.72. The van der Waals surface area contributed by atoms with Crippen molar-refractivity contribution in [3.63, 3.8) is 0 Å². The van der Waals surface area contributed by atoms with Crippen LogP contribution in [0.3, 0.4) is 0 Å². The highest BCUT2D eigenvalue weighted by Crippen LogP contribution is 2.38. The van der Waals surface area contributed by atoms with Crippen molar-refractivity contribution in [2.75, 3.05) is 6.67 Å². The number of carbonyl (C=O) groups is 1. The van der Waals surface area contributed by atoms with Crippen LogP contribution in [-0.2, 0) is 4.79 Å². The fourth-order valence-corrected chi connectivity index (χ4v) is 2.60. The Morgan fingerprint density at radius 1 is 1.38 bits per heavy atom. The van der Waals surface area contributed by atoms with Crippen LogP contribution in [0.1, 0.15) is 36.6 Å². The lowest BCUT2D eigenvalue weighted by Crippen LogP contribution is -2.27. The Balaban J connectivity index is 2.38. The first kappa shape index (κ1) is 15.1. The minimum Gasteiger partial charge on any atom is -0.481 e. The maximum absolute atomic E-state index is 12.7.